The zero-order valence-electron chi connectivity index (χ0n) is 26.1. The predicted octanol–water partition coefficient (Wildman–Crippen LogP) is 5.53. The Morgan fingerprint density at radius 1 is 1.02 bits per heavy atom. The van der Waals surface area contributed by atoms with E-state index in [2.05, 4.69) is 22.2 Å². The Balaban J connectivity index is 1.18. The molecule has 12 heteroatoms. The summed E-state index contributed by atoms with van der Waals surface area (Å²) in [4.78, 5) is 42.8. The summed E-state index contributed by atoms with van der Waals surface area (Å²) in [5.74, 6) is 1.01. The third kappa shape index (κ3) is 7.05. The first-order valence-electron chi connectivity index (χ1n) is 15.9. The van der Waals surface area contributed by atoms with Crippen molar-refractivity contribution in [1.82, 2.24) is 24.3 Å². The van der Waals surface area contributed by atoms with Crippen LogP contribution in [0.4, 0.5) is 11.6 Å². The summed E-state index contributed by atoms with van der Waals surface area (Å²) >= 11 is -0.0284. The molecule has 0 saturated carbocycles. The van der Waals surface area contributed by atoms with Crippen molar-refractivity contribution in [2.75, 3.05) is 38.5 Å². The van der Waals surface area contributed by atoms with Gasteiger partial charge >= 0.3 is 0 Å². The largest absolute Gasteiger partial charge is 0.606 e. The number of carbonyl (C=O) groups is 1. The molecule has 2 aromatic carbocycles. The third-order valence-corrected chi connectivity index (χ3v) is 11.1. The number of thiophene rings is 1. The van der Waals surface area contributed by atoms with Gasteiger partial charge in [-0.05, 0) is 75.2 Å². The van der Waals surface area contributed by atoms with Gasteiger partial charge in [0, 0.05) is 70.9 Å². The van der Waals surface area contributed by atoms with Gasteiger partial charge < -0.3 is 24.4 Å². The van der Waals surface area contributed by atoms with Crippen molar-refractivity contribution < 1.29 is 14.1 Å². The molecule has 242 valence electrons. The Bertz CT molecular complexity index is 1920. The molecule has 0 aliphatic carbocycles. The molecular formula is C35H36N6O4S2. The van der Waals surface area contributed by atoms with Crippen LogP contribution in [0.2, 0.25) is 0 Å². The Morgan fingerprint density at radius 2 is 1.77 bits per heavy atom. The Kier molecular flexibility index (Phi) is 9.25. The summed E-state index contributed by atoms with van der Waals surface area (Å²) in [6.07, 6.45) is 5.80. The number of hydrogen-bond donors (Lipinski definition) is 1. The van der Waals surface area contributed by atoms with E-state index in [9.17, 15) is 14.1 Å². The first-order chi connectivity index (χ1) is 22.9. The number of aromatic nitrogens is 3. The molecule has 10 nitrogen and oxygen atoms in total. The minimum atomic E-state index is -1.38. The van der Waals surface area contributed by atoms with E-state index in [1.54, 1.807) is 23.2 Å². The highest BCUT2D eigenvalue weighted by Crippen LogP contribution is 2.32. The van der Waals surface area contributed by atoms with Gasteiger partial charge in [-0.15, -0.1) is 11.3 Å². The van der Waals surface area contributed by atoms with Crippen LogP contribution in [0.3, 0.4) is 0 Å². The van der Waals surface area contributed by atoms with E-state index in [-0.39, 0.29) is 24.1 Å². The molecule has 5 heterocycles. The minimum Gasteiger partial charge on any atom is -0.606 e. The molecule has 2 aliphatic rings. The molecule has 1 N–H and O–H groups in total. The molecule has 2 aliphatic heterocycles. The highest BCUT2D eigenvalue weighted by molar-refractivity contribution is 7.91. The van der Waals surface area contributed by atoms with Crippen molar-refractivity contribution in [2.45, 2.75) is 48.1 Å². The van der Waals surface area contributed by atoms with E-state index in [1.165, 1.54) is 15.9 Å². The van der Waals surface area contributed by atoms with E-state index in [0.717, 1.165) is 50.2 Å². The average molecular weight is 669 g/mol. The molecule has 7 rings (SSSR count). The maximum absolute atomic E-state index is 14.1. The van der Waals surface area contributed by atoms with Crippen LogP contribution in [0, 0.1) is 0 Å². The minimum absolute atomic E-state index is 0.117. The number of nitrogens with one attached hydrogen (secondary N) is 1. The fourth-order valence-corrected chi connectivity index (χ4v) is 8.27. The van der Waals surface area contributed by atoms with Crippen molar-refractivity contribution in [3.05, 3.63) is 88.7 Å². The number of anilines is 2. The highest BCUT2D eigenvalue weighted by atomic mass is 32.2. The zero-order valence-corrected chi connectivity index (χ0v) is 27.8. The molecular weight excluding hydrogens is 633 g/mol. The van der Waals surface area contributed by atoms with Gasteiger partial charge in [-0.2, -0.15) is 4.98 Å². The number of likely N-dealkylation sites (tertiary alicyclic amines) is 2. The van der Waals surface area contributed by atoms with Crippen molar-refractivity contribution in [1.29, 1.82) is 0 Å². The summed E-state index contributed by atoms with van der Waals surface area (Å²) < 4.78 is 20.8. The monoisotopic (exact) mass is 668 g/mol. The lowest BCUT2D eigenvalue weighted by atomic mass is 10.1. The molecule has 2 fully saturated rings. The maximum atomic E-state index is 14.1. The lowest BCUT2D eigenvalue weighted by Crippen LogP contribution is -2.35. The SMILES string of the molecule is CN1CCC(Oc2ccc(Nc3ncc4cc(-c5cc([S+]([O-])c6ccccc6)cs5)c(=O)n(CC(=O)N5CCCC5)c4n3)cc2)CC1. The zero-order chi connectivity index (χ0) is 32.3. The average Bonchev–Trinajstić information content (AvgIpc) is 3.82. The molecule has 0 bridgehead atoms. The third-order valence-electron chi connectivity index (χ3n) is 8.67. The predicted molar refractivity (Wildman–Crippen MR) is 185 cm³/mol. The van der Waals surface area contributed by atoms with Crippen LogP contribution in [-0.4, -0.2) is 74.1 Å². The number of fused-ring (bicyclic) bond motifs is 1. The van der Waals surface area contributed by atoms with Gasteiger partial charge in [0.2, 0.25) is 11.9 Å². The second-order valence-corrected chi connectivity index (χ2v) is 14.4. The topological polar surface area (TPSA) is 116 Å². The first-order valence-corrected chi connectivity index (χ1v) is 17.9. The smallest absolute Gasteiger partial charge is 0.261 e. The van der Waals surface area contributed by atoms with E-state index in [1.807, 2.05) is 60.0 Å². The Hall–Kier alpha value is -4.23. The molecule has 47 heavy (non-hydrogen) atoms. The number of ether oxygens (including phenoxy) is 1. The fourth-order valence-electron chi connectivity index (χ4n) is 6.02. The number of rotatable bonds is 9. The van der Waals surface area contributed by atoms with E-state index >= 15 is 0 Å². The second-order valence-electron chi connectivity index (χ2n) is 12.0. The lowest BCUT2D eigenvalue weighted by Gasteiger charge is -2.29. The van der Waals surface area contributed by atoms with Crippen LogP contribution in [0.25, 0.3) is 21.5 Å². The van der Waals surface area contributed by atoms with Gasteiger partial charge in [0.25, 0.3) is 5.56 Å². The lowest BCUT2D eigenvalue weighted by molar-refractivity contribution is -0.130. The molecule has 2 saturated heterocycles. The van der Waals surface area contributed by atoms with Crippen LogP contribution in [-0.2, 0) is 22.5 Å². The number of amides is 1. The van der Waals surface area contributed by atoms with Crippen LogP contribution < -0.4 is 15.6 Å². The standard InChI is InChI=1S/C35H36N6O4S2/c1-39-17-13-27(14-18-39)45-26-11-9-25(10-12-26)37-35-36-21-24-19-30(31-20-29(23-46-31)47(44)28-7-3-2-4-8-28)34(43)41(33(24)38-35)22-32(42)40-15-5-6-16-40/h2-4,7-12,19-21,23,27H,5-6,13-18,22H2,1H3,(H,36,37,38). The number of carbonyl (C=O) groups excluding carboxylic acids is 1. The van der Waals surface area contributed by atoms with Crippen LogP contribution in [0.5, 0.6) is 5.75 Å². The molecule has 0 radical (unpaired) electrons. The summed E-state index contributed by atoms with van der Waals surface area (Å²) in [5, 5.41) is 5.68. The molecule has 1 amide bonds. The van der Waals surface area contributed by atoms with Crippen LogP contribution in [0.1, 0.15) is 25.7 Å². The molecule has 3 aromatic heterocycles. The normalized spacial score (nSPS) is 16.4. The number of hydrogen-bond acceptors (Lipinski definition) is 9. The Morgan fingerprint density at radius 3 is 2.51 bits per heavy atom. The number of benzene rings is 2. The van der Waals surface area contributed by atoms with Crippen molar-refractivity contribution in [3.63, 3.8) is 0 Å². The number of nitrogens with zero attached hydrogens (tertiary/aromatic N) is 5. The molecule has 5 aromatic rings. The molecule has 1 unspecified atom stereocenters. The van der Waals surface area contributed by atoms with Crippen LogP contribution in [0.15, 0.2) is 92.9 Å². The van der Waals surface area contributed by atoms with E-state index in [0.29, 0.717) is 50.3 Å². The number of piperidine rings is 1. The van der Waals surface area contributed by atoms with Crippen LogP contribution >= 0.6 is 11.3 Å². The summed E-state index contributed by atoms with van der Waals surface area (Å²) in [7, 11) is 2.13. The summed E-state index contributed by atoms with van der Waals surface area (Å²) in [6.45, 7) is 3.30. The van der Waals surface area contributed by atoms with Gasteiger partial charge in [-0.25, -0.2) is 4.98 Å². The quantitative estimate of drug-likeness (QED) is 0.204. The molecule has 0 spiro atoms. The van der Waals surface area contributed by atoms with Crippen molar-refractivity contribution in [2.24, 2.45) is 0 Å². The summed E-state index contributed by atoms with van der Waals surface area (Å²) in [5.41, 5.74) is 1.23. The van der Waals surface area contributed by atoms with Gasteiger partial charge in [0.15, 0.2) is 9.79 Å². The van der Waals surface area contributed by atoms with Gasteiger partial charge in [-0.1, -0.05) is 18.2 Å². The van der Waals surface area contributed by atoms with Crippen molar-refractivity contribution in [3.8, 4) is 16.2 Å². The second kappa shape index (κ2) is 13.9. The first kappa shape index (κ1) is 31.4. The van der Waals surface area contributed by atoms with E-state index < -0.39 is 11.2 Å². The van der Waals surface area contributed by atoms with Crippen molar-refractivity contribution >= 4 is 51.1 Å². The maximum Gasteiger partial charge on any atom is 0.261 e. The van der Waals surface area contributed by atoms with E-state index in [4.69, 9.17) is 9.72 Å². The summed E-state index contributed by atoms with van der Waals surface area (Å²) in [6, 6.07) is 20.5. The fraction of sp³-hybridized carbons (Fsp3) is 0.314. The van der Waals surface area contributed by atoms with Gasteiger partial charge in [0.1, 0.15) is 24.0 Å². The molecule has 1 atom stereocenters. The highest BCUT2D eigenvalue weighted by Gasteiger charge is 2.24. The number of pyridine rings is 1. The Labute approximate surface area is 280 Å². The van der Waals surface area contributed by atoms with Gasteiger partial charge in [0.05, 0.1) is 5.56 Å². The van der Waals surface area contributed by atoms with Gasteiger partial charge in [-0.3, -0.25) is 14.2 Å².